The van der Waals surface area contributed by atoms with E-state index in [1.807, 2.05) is 0 Å². The fourth-order valence-corrected chi connectivity index (χ4v) is 5.88. The Morgan fingerprint density at radius 1 is 1.22 bits per heavy atom. The van der Waals surface area contributed by atoms with E-state index in [-0.39, 0.29) is 45.9 Å². The molecule has 2 atom stereocenters. The van der Waals surface area contributed by atoms with Gasteiger partial charge in [0.2, 0.25) is 0 Å². The summed E-state index contributed by atoms with van der Waals surface area (Å²) in [5.74, 6) is -1.45. The van der Waals surface area contributed by atoms with Crippen LogP contribution in [-0.4, -0.2) is 51.2 Å². The number of hydrogen-bond acceptors (Lipinski definition) is 7. The highest BCUT2D eigenvalue weighted by molar-refractivity contribution is 6.31. The van der Waals surface area contributed by atoms with Crippen molar-refractivity contribution in [2.45, 2.75) is 49.1 Å². The zero-order valence-corrected chi connectivity index (χ0v) is 24.7. The molecule has 14 heteroatoms. The molecule has 9 nitrogen and oxygen atoms in total. The lowest BCUT2D eigenvalue weighted by Crippen LogP contribution is -2.52. The van der Waals surface area contributed by atoms with Crippen molar-refractivity contribution in [2.75, 3.05) is 13.2 Å². The van der Waals surface area contributed by atoms with E-state index in [2.05, 4.69) is 15.4 Å². The van der Waals surface area contributed by atoms with Crippen molar-refractivity contribution in [3.05, 3.63) is 70.3 Å². The highest BCUT2D eigenvalue weighted by atomic mass is 35.5. The predicted octanol–water partition coefficient (Wildman–Crippen LogP) is 5.11. The molecular formula is C31H28ClF4N5O4. The molecule has 0 radical (unpaired) electrons. The number of carbonyl (C=O) groups excluding carboxylic acids is 1. The number of nitrogens with two attached hydrogens (primary N) is 1. The second kappa shape index (κ2) is 10.3. The molecule has 2 fully saturated rings. The van der Waals surface area contributed by atoms with E-state index in [1.165, 1.54) is 12.1 Å². The van der Waals surface area contributed by atoms with Gasteiger partial charge >= 0.3 is 6.18 Å². The number of fused-ring (bicyclic) bond motifs is 2. The van der Waals surface area contributed by atoms with Crippen molar-refractivity contribution in [1.29, 1.82) is 0 Å². The van der Waals surface area contributed by atoms with E-state index in [0.29, 0.717) is 29.5 Å². The van der Waals surface area contributed by atoms with Crippen LogP contribution >= 0.6 is 11.6 Å². The van der Waals surface area contributed by atoms with Gasteiger partial charge in [-0.05, 0) is 68.0 Å². The maximum Gasteiger partial charge on any atom is 0.414 e. The molecule has 1 amide bonds. The summed E-state index contributed by atoms with van der Waals surface area (Å²) in [4.78, 5) is 18.0. The Morgan fingerprint density at radius 3 is 2.64 bits per heavy atom. The molecule has 4 N–H and O–H groups in total. The number of nitrogens with one attached hydrogen (secondary N) is 1. The van der Waals surface area contributed by atoms with Gasteiger partial charge in [-0.3, -0.25) is 9.48 Å². The molecule has 2 aromatic heterocycles. The number of aryl methyl sites for hydroxylation is 1. The number of pyridine rings is 1. The van der Waals surface area contributed by atoms with Gasteiger partial charge in [0, 0.05) is 35.3 Å². The zero-order valence-electron chi connectivity index (χ0n) is 23.9. The quantitative estimate of drug-likeness (QED) is 0.228. The Bertz CT molecular complexity index is 1860. The molecule has 0 saturated heterocycles. The van der Waals surface area contributed by atoms with Gasteiger partial charge in [0.15, 0.2) is 11.3 Å². The maximum atomic E-state index is 14.3. The fraction of sp³-hybridized carbons (Fsp3) is 0.387. The first kappa shape index (κ1) is 29.8. The largest absolute Gasteiger partial charge is 0.488 e. The number of aliphatic hydroxyl groups is 1. The first-order valence-electron chi connectivity index (χ1n) is 14.4. The lowest BCUT2D eigenvalue weighted by atomic mass is 9.86. The molecule has 236 valence electrons. The van der Waals surface area contributed by atoms with E-state index >= 15 is 0 Å². The van der Waals surface area contributed by atoms with Crippen LogP contribution in [0.4, 0.5) is 17.6 Å². The number of halogens is 5. The third kappa shape index (κ3) is 5.16. The Labute approximate surface area is 259 Å². The topological polar surface area (TPSA) is 125 Å². The minimum absolute atomic E-state index is 0.0554. The van der Waals surface area contributed by atoms with Gasteiger partial charge in [0.05, 0.1) is 23.4 Å². The summed E-state index contributed by atoms with van der Waals surface area (Å²) >= 11 is 6.00. The van der Waals surface area contributed by atoms with Crippen LogP contribution in [0.3, 0.4) is 0 Å². The average molecular weight is 646 g/mol. The van der Waals surface area contributed by atoms with Gasteiger partial charge in [-0.15, -0.1) is 0 Å². The molecular weight excluding hydrogens is 618 g/mol. The SMILES string of the molecule is Cn1cc2cc(C(=O)NCC(O)(c3cc4c(c(-c5ccc(F)c(Cl)c5)n3)OC[C@@]4(N)C(F)(F)F)C3CC3)cc(OC3CC3)c2n1. The van der Waals surface area contributed by atoms with Crippen molar-refractivity contribution in [3.8, 4) is 22.8 Å². The Morgan fingerprint density at radius 2 is 1.98 bits per heavy atom. The smallest absolute Gasteiger partial charge is 0.414 e. The van der Waals surface area contributed by atoms with Crippen LogP contribution in [0.5, 0.6) is 11.5 Å². The standard InChI is InChI=1S/C31H28ClF4N5O4/c1-41-12-17-8-16(10-23(25(17)40-41)45-19-5-6-19)28(42)38-13-29(43,18-3-4-18)24-11-20-27(44-14-30(20,37)31(34,35)36)26(39-24)15-2-7-22(33)21(32)9-15/h2,7-12,18-19,43H,3-6,13-14,37H2,1H3,(H,38,42)/t29?,30-/m0/s1. The molecule has 3 heterocycles. The Kier molecular flexibility index (Phi) is 6.81. The summed E-state index contributed by atoms with van der Waals surface area (Å²) in [6.07, 6.45) is -0.191. The predicted molar refractivity (Wildman–Crippen MR) is 155 cm³/mol. The molecule has 3 aliphatic rings. The van der Waals surface area contributed by atoms with Crippen molar-refractivity contribution in [1.82, 2.24) is 20.1 Å². The van der Waals surface area contributed by atoms with Gasteiger partial charge in [-0.25, -0.2) is 9.37 Å². The number of nitrogens with zero attached hydrogens (tertiary/aromatic N) is 3. The summed E-state index contributed by atoms with van der Waals surface area (Å²) < 4.78 is 70.0. The molecule has 7 rings (SSSR count). The molecule has 2 aromatic carbocycles. The van der Waals surface area contributed by atoms with Crippen LogP contribution < -0.4 is 20.5 Å². The lowest BCUT2D eigenvalue weighted by Gasteiger charge is -2.31. The monoisotopic (exact) mass is 645 g/mol. The number of ether oxygens (including phenoxy) is 2. The van der Waals surface area contributed by atoms with Crippen LogP contribution in [0, 0.1) is 11.7 Å². The van der Waals surface area contributed by atoms with Gasteiger partial charge in [-0.2, -0.15) is 18.3 Å². The molecule has 0 bridgehead atoms. The number of alkyl halides is 3. The Balaban J connectivity index is 1.27. The third-order valence-corrected chi connectivity index (χ3v) is 8.87. The van der Waals surface area contributed by atoms with E-state index in [1.54, 1.807) is 30.1 Å². The summed E-state index contributed by atoms with van der Waals surface area (Å²) in [7, 11) is 1.76. The van der Waals surface area contributed by atoms with E-state index in [9.17, 15) is 27.5 Å². The van der Waals surface area contributed by atoms with Crippen LogP contribution in [0.1, 0.15) is 47.3 Å². The Hall–Kier alpha value is -3.94. The van der Waals surface area contributed by atoms with Crippen molar-refractivity contribution < 1.29 is 36.9 Å². The summed E-state index contributed by atoms with van der Waals surface area (Å²) in [6.45, 7) is -1.28. The van der Waals surface area contributed by atoms with Gasteiger partial charge < -0.3 is 25.6 Å². The number of hydrogen-bond donors (Lipinski definition) is 3. The summed E-state index contributed by atoms with van der Waals surface area (Å²) in [5.41, 5.74) is 1.54. The average Bonchev–Trinajstić information content (AvgIpc) is 3.92. The van der Waals surface area contributed by atoms with Gasteiger partial charge in [0.1, 0.15) is 35.0 Å². The number of benzene rings is 2. The molecule has 1 aliphatic heterocycles. The molecule has 0 spiro atoms. The van der Waals surface area contributed by atoms with Crippen LogP contribution in [0.2, 0.25) is 5.02 Å². The van der Waals surface area contributed by atoms with Gasteiger partial charge in [-0.1, -0.05) is 11.6 Å². The van der Waals surface area contributed by atoms with Gasteiger partial charge in [0.25, 0.3) is 5.91 Å². The molecule has 2 aliphatic carbocycles. The normalized spacial score (nSPS) is 20.9. The number of rotatable bonds is 8. The molecule has 2 saturated carbocycles. The van der Waals surface area contributed by atoms with Crippen LogP contribution in [0.15, 0.2) is 42.6 Å². The van der Waals surface area contributed by atoms with Crippen molar-refractivity contribution >= 4 is 28.4 Å². The minimum atomic E-state index is -4.91. The first-order chi connectivity index (χ1) is 21.3. The number of aromatic nitrogens is 3. The highest BCUT2D eigenvalue weighted by Crippen LogP contribution is 2.52. The zero-order chi connectivity index (χ0) is 31.9. The van der Waals surface area contributed by atoms with Crippen LogP contribution in [0.25, 0.3) is 22.2 Å². The molecule has 4 aromatic rings. The number of amides is 1. The molecule has 1 unspecified atom stereocenters. The highest BCUT2D eigenvalue weighted by Gasteiger charge is 2.59. The maximum absolute atomic E-state index is 14.3. The van der Waals surface area contributed by atoms with E-state index in [0.717, 1.165) is 25.0 Å². The number of carbonyl (C=O) groups is 1. The summed E-state index contributed by atoms with van der Waals surface area (Å²) in [5, 5.41) is 19.7. The van der Waals surface area contributed by atoms with E-state index in [4.69, 9.17) is 26.8 Å². The van der Waals surface area contributed by atoms with Crippen molar-refractivity contribution in [2.24, 2.45) is 18.7 Å². The first-order valence-corrected chi connectivity index (χ1v) is 14.8. The van der Waals surface area contributed by atoms with E-state index < -0.39 is 47.1 Å². The third-order valence-electron chi connectivity index (χ3n) is 8.58. The second-order valence-corrected chi connectivity index (χ2v) is 12.4. The second-order valence-electron chi connectivity index (χ2n) is 12.0. The molecule has 45 heavy (non-hydrogen) atoms. The lowest BCUT2D eigenvalue weighted by molar-refractivity contribution is -0.191. The minimum Gasteiger partial charge on any atom is -0.488 e. The fourth-order valence-electron chi connectivity index (χ4n) is 5.70. The van der Waals surface area contributed by atoms with Crippen molar-refractivity contribution in [3.63, 3.8) is 0 Å². The van der Waals surface area contributed by atoms with Crippen LogP contribution in [-0.2, 0) is 18.2 Å². The summed E-state index contributed by atoms with van der Waals surface area (Å²) in [6, 6.07) is 7.91.